The zero-order valence-electron chi connectivity index (χ0n) is 15.2. The van der Waals surface area contributed by atoms with Crippen molar-refractivity contribution in [1.82, 2.24) is 20.4 Å². The van der Waals surface area contributed by atoms with E-state index in [-0.39, 0.29) is 5.91 Å². The maximum atomic E-state index is 12.0. The van der Waals surface area contributed by atoms with Gasteiger partial charge in [0.15, 0.2) is 0 Å². The molecular formula is C18H26N4O3. The summed E-state index contributed by atoms with van der Waals surface area (Å²) >= 11 is 0. The predicted octanol–water partition coefficient (Wildman–Crippen LogP) is 2.48. The minimum atomic E-state index is 0.0238. The van der Waals surface area contributed by atoms with Gasteiger partial charge in [0.2, 0.25) is 11.8 Å². The number of carbonyl (C=O) groups is 1. The van der Waals surface area contributed by atoms with E-state index in [9.17, 15) is 4.79 Å². The molecule has 1 saturated heterocycles. The molecule has 7 nitrogen and oxygen atoms in total. The quantitative estimate of drug-likeness (QED) is 0.829. The van der Waals surface area contributed by atoms with Crippen LogP contribution in [0.4, 0.5) is 0 Å². The van der Waals surface area contributed by atoms with Crippen LogP contribution in [0.5, 0.6) is 0 Å². The van der Waals surface area contributed by atoms with Crippen molar-refractivity contribution in [2.24, 2.45) is 0 Å². The molecule has 0 bridgehead atoms. The third-order valence-corrected chi connectivity index (χ3v) is 4.78. The van der Waals surface area contributed by atoms with Gasteiger partial charge in [0.1, 0.15) is 11.5 Å². The number of aryl methyl sites for hydroxylation is 3. The van der Waals surface area contributed by atoms with E-state index in [1.54, 1.807) is 0 Å². The molecule has 7 heteroatoms. The number of nitrogens with one attached hydrogen (secondary N) is 1. The molecule has 0 spiro atoms. The van der Waals surface area contributed by atoms with Crippen molar-refractivity contribution in [3.05, 3.63) is 23.5 Å². The molecule has 1 unspecified atom stereocenters. The van der Waals surface area contributed by atoms with Crippen molar-refractivity contribution in [1.29, 1.82) is 0 Å². The van der Waals surface area contributed by atoms with Crippen molar-refractivity contribution in [2.75, 3.05) is 20.1 Å². The summed E-state index contributed by atoms with van der Waals surface area (Å²) in [6.45, 7) is 5.62. The molecule has 136 valence electrons. The van der Waals surface area contributed by atoms with Gasteiger partial charge < -0.3 is 19.1 Å². The average Bonchev–Trinajstić information content (AvgIpc) is 3.27. The van der Waals surface area contributed by atoms with Gasteiger partial charge in [-0.25, -0.2) is 0 Å². The van der Waals surface area contributed by atoms with Crippen molar-refractivity contribution in [3.63, 3.8) is 0 Å². The van der Waals surface area contributed by atoms with Crippen LogP contribution in [0.1, 0.15) is 43.1 Å². The average molecular weight is 346 g/mol. The molecule has 1 N–H and O–H groups in total. The van der Waals surface area contributed by atoms with Gasteiger partial charge >= 0.3 is 0 Å². The van der Waals surface area contributed by atoms with E-state index in [2.05, 4.69) is 27.5 Å². The lowest BCUT2D eigenvalue weighted by molar-refractivity contribution is -0.121. The van der Waals surface area contributed by atoms with Gasteiger partial charge in [0.05, 0.1) is 5.56 Å². The number of amides is 1. The fraction of sp³-hybridized carbons (Fsp3) is 0.611. The fourth-order valence-electron chi connectivity index (χ4n) is 3.34. The lowest BCUT2D eigenvalue weighted by Crippen LogP contribution is -2.31. The smallest absolute Gasteiger partial charge is 0.251 e. The molecule has 0 aromatic carbocycles. The van der Waals surface area contributed by atoms with Crippen molar-refractivity contribution >= 4 is 5.91 Å². The highest BCUT2D eigenvalue weighted by molar-refractivity contribution is 5.75. The predicted molar refractivity (Wildman–Crippen MR) is 93.1 cm³/mol. The Kier molecular flexibility index (Phi) is 5.53. The number of hydrogen-bond acceptors (Lipinski definition) is 6. The standard InChI is InChI=1S/C18H26N4O3/c1-12-11-15(13(2)24-12)18-21-20-17(25-18)7-6-16(23)19-9-8-14-5-4-10-22(14)3/h11,14H,4-10H2,1-3H3,(H,19,23). The first-order valence-electron chi connectivity index (χ1n) is 8.89. The number of nitrogens with zero attached hydrogens (tertiary/aromatic N) is 3. The highest BCUT2D eigenvalue weighted by Gasteiger charge is 2.20. The van der Waals surface area contributed by atoms with Gasteiger partial charge in [-0.3, -0.25) is 4.79 Å². The monoisotopic (exact) mass is 346 g/mol. The molecule has 0 saturated carbocycles. The topological polar surface area (TPSA) is 84.4 Å². The molecule has 1 aliphatic heterocycles. The van der Waals surface area contributed by atoms with Crippen LogP contribution in [-0.4, -0.2) is 47.2 Å². The summed E-state index contributed by atoms with van der Waals surface area (Å²) in [6.07, 6.45) is 4.28. The highest BCUT2D eigenvalue weighted by Crippen LogP contribution is 2.25. The third-order valence-electron chi connectivity index (χ3n) is 4.78. The first-order chi connectivity index (χ1) is 12.0. The van der Waals surface area contributed by atoms with Gasteiger partial charge in [-0.15, -0.1) is 10.2 Å². The van der Waals surface area contributed by atoms with E-state index >= 15 is 0 Å². The van der Waals surface area contributed by atoms with Crippen LogP contribution in [-0.2, 0) is 11.2 Å². The van der Waals surface area contributed by atoms with Crippen LogP contribution in [0.2, 0.25) is 0 Å². The zero-order valence-corrected chi connectivity index (χ0v) is 15.2. The highest BCUT2D eigenvalue weighted by atomic mass is 16.4. The fourth-order valence-corrected chi connectivity index (χ4v) is 3.34. The lowest BCUT2D eigenvalue weighted by Gasteiger charge is -2.19. The number of rotatable bonds is 7. The third kappa shape index (κ3) is 4.48. The van der Waals surface area contributed by atoms with E-state index < -0.39 is 0 Å². The minimum absolute atomic E-state index is 0.0238. The Bertz CT molecular complexity index is 722. The van der Waals surface area contributed by atoms with Gasteiger partial charge in [-0.1, -0.05) is 0 Å². The Balaban J connectivity index is 1.42. The molecule has 3 heterocycles. The van der Waals surface area contributed by atoms with E-state index in [4.69, 9.17) is 8.83 Å². The van der Waals surface area contributed by atoms with Crippen LogP contribution in [0.25, 0.3) is 11.5 Å². The van der Waals surface area contributed by atoms with E-state index in [0.29, 0.717) is 30.7 Å². The number of carbonyl (C=O) groups excluding carboxylic acids is 1. The molecule has 2 aromatic heterocycles. The van der Waals surface area contributed by atoms with E-state index in [1.807, 2.05) is 19.9 Å². The Hall–Kier alpha value is -2.15. The maximum absolute atomic E-state index is 12.0. The Morgan fingerprint density at radius 3 is 2.88 bits per heavy atom. The van der Waals surface area contributed by atoms with Gasteiger partial charge in [-0.05, 0) is 52.8 Å². The maximum Gasteiger partial charge on any atom is 0.251 e. The van der Waals surface area contributed by atoms with Crippen LogP contribution in [0.15, 0.2) is 14.9 Å². The first-order valence-corrected chi connectivity index (χ1v) is 8.89. The summed E-state index contributed by atoms with van der Waals surface area (Å²) in [5, 5.41) is 11.1. The summed E-state index contributed by atoms with van der Waals surface area (Å²) in [5.74, 6) is 2.49. The summed E-state index contributed by atoms with van der Waals surface area (Å²) < 4.78 is 11.1. The molecule has 0 radical (unpaired) electrons. The SMILES string of the molecule is Cc1cc(-c2nnc(CCC(=O)NCCC3CCCN3C)o2)c(C)o1. The number of aromatic nitrogens is 2. The van der Waals surface area contributed by atoms with Crippen LogP contribution in [0, 0.1) is 13.8 Å². The Labute approximate surface area is 147 Å². The lowest BCUT2D eigenvalue weighted by atomic mass is 10.1. The summed E-state index contributed by atoms with van der Waals surface area (Å²) in [5.41, 5.74) is 0.807. The van der Waals surface area contributed by atoms with Gasteiger partial charge in [0.25, 0.3) is 5.89 Å². The second kappa shape index (κ2) is 7.82. The molecule has 3 rings (SSSR count). The summed E-state index contributed by atoms with van der Waals surface area (Å²) in [7, 11) is 2.15. The van der Waals surface area contributed by atoms with Crippen molar-refractivity contribution < 1.29 is 13.6 Å². The van der Waals surface area contributed by atoms with Crippen LogP contribution in [0.3, 0.4) is 0 Å². The second-order valence-corrected chi connectivity index (χ2v) is 6.74. The number of furan rings is 1. The zero-order chi connectivity index (χ0) is 17.8. The van der Waals surface area contributed by atoms with Crippen molar-refractivity contribution in [2.45, 2.75) is 52.0 Å². The summed E-state index contributed by atoms with van der Waals surface area (Å²) in [6, 6.07) is 2.47. The molecule has 1 fully saturated rings. The minimum Gasteiger partial charge on any atom is -0.466 e. The van der Waals surface area contributed by atoms with Gasteiger partial charge in [-0.2, -0.15) is 0 Å². The van der Waals surface area contributed by atoms with Crippen LogP contribution < -0.4 is 5.32 Å². The normalized spacial score (nSPS) is 18.0. The second-order valence-electron chi connectivity index (χ2n) is 6.74. The summed E-state index contributed by atoms with van der Waals surface area (Å²) in [4.78, 5) is 14.3. The molecule has 1 amide bonds. The number of likely N-dealkylation sites (tertiary alicyclic amines) is 1. The molecule has 0 aliphatic carbocycles. The number of hydrogen-bond donors (Lipinski definition) is 1. The molecule has 25 heavy (non-hydrogen) atoms. The van der Waals surface area contributed by atoms with E-state index in [1.165, 1.54) is 12.8 Å². The molecule has 1 aliphatic rings. The molecule has 1 atom stereocenters. The Morgan fingerprint density at radius 2 is 2.20 bits per heavy atom. The van der Waals surface area contributed by atoms with Crippen molar-refractivity contribution in [3.8, 4) is 11.5 Å². The first kappa shape index (κ1) is 17.7. The van der Waals surface area contributed by atoms with E-state index in [0.717, 1.165) is 36.6 Å². The largest absolute Gasteiger partial charge is 0.466 e. The van der Waals surface area contributed by atoms with Gasteiger partial charge in [0, 0.05) is 25.4 Å². The Morgan fingerprint density at radius 1 is 1.36 bits per heavy atom. The molecule has 2 aromatic rings. The van der Waals surface area contributed by atoms with Crippen LogP contribution >= 0.6 is 0 Å². The molecular weight excluding hydrogens is 320 g/mol.